The molecule has 0 aromatic heterocycles. The smallest absolute Gasteiger partial charge is 0.224 e. The van der Waals surface area contributed by atoms with Crippen LogP contribution in [0, 0.1) is 11.8 Å². The van der Waals surface area contributed by atoms with E-state index in [4.69, 9.17) is 0 Å². The molecular formula is C21H33IN4O. The van der Waals surface area contributed by atoms with E-state index in [0.717, 1.165) is 49.5 Å². The highest BCUT2D eigenvalue weighted by Gasteiger charge is 2.35. The topological polar surface area (TPSA) is 56.7 Å². The maximum atomic E-state index is 11.7. The van der Waals surface area contributed by atoms with E-state index in [-0.39, 0.29) is 29.9 Å². The van der Waals surface area contributed by atoms with E-state index in [2.05, 4.69) is 32.7 Å². The van der Waals surface area contributed by atoms with E-state index >= 15 is 0 Å². The summed E-state index contributed by atoms with van der Waals surface area (Å²) in [6.45, 7) is 5.05. The molecule has 1 saturated carbocycles. The normalized spacial score (nSPS) is 22.0. The quantitative estimate of drug-likeness (QED) is 0.374. The molecule has 2 unspecified atom stereocenters. The van der Waals surface area contributed by atoms with E-state index in [9.17, 15) is 4.79 Å². The summed E-state index contributed by atoms with van der Waals surface area (Å²) in [5, 5.41) is 6.43. The minimum atomic E-state index is 0. The van der Waals surface area contributed by atoms with Gasteiger partial charge in [-0.05, 0) is 48.8 Å². The van der Waals surface area contributed by atoms with Gasteiger partial charge in [-0.25, -0.2) is 0 Å². The number of halogens is 1. The number of hydrogen-bond donors (Lipinski definition) is 2. The zero-order valence-corrected chi connectivity index (χ0v) is 18.9. The van der Waals surface area contributed by atoms with Crippen molar-refractivity contribution < 1.29 is 4.79 Å². The Bertz CT molecular complexity index is 618. The Hall–Kier alpha value is -1.31. The summed E-state index contributed by atoms with van der Waals surface area (Å²) >= 11 is 0. The number of benzene rings is 1. The van der Waals surface area contributed by atoms with Crippen molar-refractivity contribution in [3.05, 3.63) is 29.8 Å². The highest BCUT2D eigenvalue weighted by molar-refractivity contribution is 14.0. The van der Waals surface area contributed by atoms with Crippen LogP contribution < -0.4 is 10.6 Å². The Morgan fingerprint density at radius 1 is 1.15 bits per heavy atom. The minimum Gasteiger partial charge on any atom is -0.352 e. The summed E-state index contributed by atoms with van der Waals surface area (Å²) < 4.78 is 0. The van der Waals surface area contributed by atoms with Crippen LogP contribution in [0.25, 0.3) is 0 Å². The van der Waals surface area contributed by atoms with Crippen molar-refractivity contribution in [2.45, 2.75) is 52.0 Å². The fourth-order valence-electron chi connectivity index (χ4n) is 4.25. The Balaban J connectivity index is 0.00000261. The molecule has 2 N–H and O–H groups in total. The third-order valence-electron chi connectivity index (χ3n) is 5.65. The molecule has 1 aliphatic carbocycles. The summed E-state index contributed by atoms with van der Waals surface area (Å²) in [5.41, 5.74) is 2.05. The van der Waals surface area contributed by atoms with E-state index < -0.39 is 0 Å². The van der Waals surface area contributed by atoms with Crippen molar-refractivity contribution in [1.82, 2.24) is 10.2 Å². The van der Waals surface area contributed by atoms with Crippen LogP contribution in [0.3, 0.4) is 0 Å². The van der Waals surface area contributed by atoms with Gasteiger partial charge in [0.1, 0.15) is 0 Å². The predicted octanol–water partition coefficient (Wildman–Crippen LogP) is 4.24. The van der Waals surface area contributed by atoms with Crippen LogP contribution in [0.15, 0.2) is 29.3 Å². The average molecular weight is 484 g/mol. The number of anilines is 1. The Kier molecular flexibility index (Phi) is 8.86. The molecule has 1 aromatic rings. The molecule has 1 heterocycles. The molecule has 2 fully saturated rings. The molecule has 1 aromatic carbocycles. The molecule has 0 bridgehead atoms. The lowest BCUT2D eigenvalue weighted by atomic mass is 9.82. The summed E-state index contributed by atoms with van der Waals surface area (Å²) in [7, 11) is 1.87. The van der Waals surface area contributed by atoms with E-state index in [1.165, 1.54) is 31.2 Å². The van der Waals surface area contributed by atoms with Gasteiger partial charge in [0.15, 0.2) is 5.96 Å². The van der Waals surface area contributed by atoms with Crippen LogP contribution in [0.5, 0.6) is 0 Å². The van der Waals surface area contributed by atoms with Crippen LogP contribution in [0.1, 0.15) is 51.0 Å². The second-order valence-electron chi connectivity index (χ2n) is 7.61. The van der Waals surface area contributed by atoms with Gasteiger partial charge >= 0.3 is 0 Å². The summed E-state index contributed by atoms with van der Waals surface area (Å²) in [6, 6.07) is 8.06. The number of nitrogens with one attached hydrogen (secondary N) is 2. The predicted molar refractivity (Wildman–Crippen MR) is 123 cm³/mol. The molecule has 2 aliphatic rings. The van der Waals surface area contributed by atoms with Crippen molar-refractivity contribution >= 4 is 41.5 Å². The SMILES string of the molecule is CCCC(=O)Nc1ccc(CNC(=NC)N2CC3CCCCC3C2)cc1.I. The Morgan fingerprint density at radius 2 is 1.78 bits per heavy atom. The second kappa shape index (κ2) is 10.9. The standard InChI is InChI=1S/C21H32N4O.HI/c1-3-6-20(26)24-19-11-9-16(10-12-19)13-23-21(22-2)25-14-17-7-4-5-8-18(17)15-25;/h9-12,17-18H,3-8,13-15H2,1-2H3,(H,22,23)(H,24,26);1H. The van der Waals surface area contributed by atoms with Crippen molar-refractivity contribution in [3.63, 3.8) is 0 Å². The number of likely N-dealkylation sites (tertiary alicyclic amines) is 1. The number of rotatable bonds is 5. The fourth-order valence-corrected chi connectivity index (χ4v) is 4.25. The maximum Gasteiger partial charge on any atom is 0.224 e. The van der Waals surface area contributed by atoms with Crippen LogP contribution in [0.4, 0.5) is 5.69 Å². The maximum absolute atomic E-state index is 11.7. The van der Waals surface area contributed by atoms with E-state index in [0.29, 0.717) is 6.42 Å². The van der Waals surface area contributed by atoms with Gasteiger partial charge in [-0.3, -0.25) is 9.79 Å². The molecule has 150 valence electrons. The number of hydrogen-bond acceptors (Lipinski definition) is 2. The molecule has 1 saturated heterocycles. The first-order valence-corrected chi connectivity index (χ1v) is 10.0. The summed E-state index contributed by atoms with van der Waals surface area (Å²) in [4.78, 5) is 18.6. The molecule has 6 heteroatoms. The molecule has 2 atom stereocenters. The Labute approximate surface area is 180 Å². The lowest BCUT2D eigenvalue weighted by molar-refractivity contribution is -0.116. The molecule has 5 nitrogen and oxygen atoms in total. The van der Waals surface area contributed by atoms with Crippen LogP contribution >= 0.6 is 24.0 Å². The van der Waals surface area contributed by atoms with Gasteiger partial charge in [-0.2, -0.15) is 0 Å². The summed E-state index contributed by atoms with van der Waals surface area (Å²) in [5.74, 6) is 2.80. The largest absolute Gasteiger partial charge is 0.352 e. The third kappa shape index (κ3) is 6.09. The van der Waals surface area contributed by atoms with Gasteiger partial charge in [0.2, 0.25) is 5.91 Å². The lowest BCUT2D eigenvalue weighted by Crippen LogP contribution is -2.39. The number of carbonyl (C=O) groups is 1. The monoisotopic (exact) mass is 484 g/mol. The number of carbonyl (C=O) groups excluding carboxylic acids is 1. The minimum absolute atomic E-state index is 0. The van der Waals surface area contributed by atoms with Crippen molar-refractivity contribution in [1.29, 1.82) is 0 Å². The van der Waals surface area contributed by atoms with Crippen LogP contribution in [0.2, 0.25) is 0 Å². The molecular weight excluding hydrogens is 451 g/mol. The molecule has 0 radical (unpaired) electrons. The van der Waals surface area contributed by atoms with Gasteiger partial charge in [0, 0.05) is 38.8 Å². The second-order valence-corrected chi connectivity index (χ2v) is 7.61. The van der Waals surface area contributed by atoms with Crippen molar-refractivity contribution in [2.24, 2.45) is 16.8 Å². The first-order valence-electron chi connectivity index (χ1n) is 10.0. The van der Waals surface area contributed by atoms with Crippen LogP contribution in [-0.2, 0) is 11.3 Å². The molecule has 3 rings (SSSR count). The number of nitrogens with zero attached hydrogens (tertiary/aromatic N) is 2. The third-order valence-corrected chi connectivity index (χ3v) is 5.65. The fraction of sp³-hybridized carbons (Fsp3) is 0.619. The van der Waals surface area contributed by atoms with Gasteiger partial charge in [0.25, 0.3) is 0 Å². The number of guanidine groups is 1. The van der Waals surface area contributed by atoms with Crippen molar-refractivity contribution in [3.8, 4) is 0 Å². The molecule has 0 spiro atoms. The first-order chi connectivity index (χ1) is 12.7. The number of fused-ring (bicyclic) bond motifs is 1. The van der Waals surface area contributed by atoms with Gasteiger partial charge in [-0.1, -0.05) is 31.9 Å². The van der Waals surface area contributed by atoms with Crippen molar-refractivity contribution in [2.75, 3.05) is 25.5 Å². The van der Waals surface area contributed by atoms with Gasteiger partial charge < -0.3 is 15.5 Å². The highest BCUT2D eigenvalue weighted by Crippen LogP contribution is 2.35. The Morgan fingerprint density at radius 3 is 2.33 bits per heavy atom. The lowest BCUT2D eigenvalue weighted by Gasteiger charge is -2.22. The van der Waals surface area contributed by atoms with Gasteiger partial charge in [0.05, 0.1) is 0 Å². The number of aliphatic imine (C=N–C) groups is 1. The van der Waals surface area contributed by atoms with E-state index in [1.807, 2.05) is 26.1 Å². The number of amides is 1. The highest BCUT2D eigenvalue weighted by atomic mass is 127. The average Bonchev–Trinajstić information content (AvgIpc) is 3.07. The van der Waals surface area contributed by atoms with E-state index in [1.54, 1.807) is 0 Å². The molecule has 1 aliphatic heterocycles. The zero-order chi connectivity index (χ0) is 18.4. The van der Waals surface area contributed by atoms with Gasteiger partial charge in [-0.15, -0.1) is 24.0 Å². The molecule has 1 amide bonds. The zero-order valence-electron chi connectivity index (χ0n) is 16.5. The summed E-state index contributed by atoms with van der Waals surface area (Å²) in [6.07, 6.45) is 6.97. The first kappa shape index (κ1) is 22.0. The molecule has 27 heavy (non-hydrogen) atoms. The van der Waals surface area contributed by atoms with Crippen LogP contribution in [-0.4, -0.2) is 36.9 Å².